The highest BCUT2D eigenvalue weighted by atomic mass is 16.6. The number of nitrogens with zero attached hydrogens (tertiary/aromatic N) is 2. The molecule has 186 valence electrons. The molecule has 1 aromatic carbocycles. The summed E-state index contributed by atoms with van der Waals surface area (Å²) in [6.07, 6.45) is 4.01. The van der Waals surface area contributed by atoms with Crippen LogP contribution in [-0.4, -0.2) is 58.8 Å². The van der Waals surface area contributed by atoms with Gasteiger partial charge < -0.3 is 25.4 Å². The number of carbonyl (C=O) groups excluding carboxylic acids is 3. The first kappa shape index (κ1) is 27.1. The minimum absolute atomic E-state index is 0.00104. The summed E-state index contributed by atoms with van der Waals surface area (Å²) in [4.78, 5) is 40.2. The van der Waals surface area contributed by atoms with E-state index in [9.17, 15) is 24.8 Å². The molecular weight excluding hydrogens is 436 g/mol. The van der Waals surface area contributed by atoms with Crippen molar-refractivity contribution in [2.24, 2.45) is 0 Å². The number of ether oxygens (including phenoxy) is 1. The Hall–Kier alpha value is -3.12. The fraction of sp³-hybridized carbons (Fsp3) is 0.600. The standard InChI is InChI=1S/C25H36N4O5/c1-17-9-8-10-18(15-17)21(22(31)27-19-11-6-5-7-12-19)29(14-13-26)23(32)20(16-30)28-24(33)34-25(2,3)4/h8-10,15,19-21,30H,5-7,11-12,14,16H2,1-4H3,(H,27,31)(H,28,33). The Kier molecular flexibility index (Phi) is 9.87. The third kappa shape index (κ3) is 8.03. The number of amides is 3. The van der Waals surface area contributed by atoms with Gasteiger partial charge in [0.2, 0.25) is 11.8 Å². The molecule has 9 heteroatoms. The molecule has 34 heavy (non-hydrogen) atoms. The predicted molar refractivity (Wildman–Crippen MR) is 127 cm³/mol. The van der Waals surface area contributed by atoms with Crippen molar-refractivity contribution in [2.75, 3.05) is 13.2 Å². The zero-order valence-corrected chi connectivity index (χ0v) is 20.5. The summed E-state index contributed by atoms with van der Waals surface area (Å²) in [5.41, 5.74) is 0.637. The Bertz CT molecular complexity index is 899. The van der Waals surface area contributed by atoms with E-state index < -0.39 is 48.7 Å². The number of alkyl carbamates (subject to hydrolysis) is 1. The van der Waals surface area contributed by atoms with Crippen LogP contribution in [-0.2, 0) is 14.3 Å². The molecule has 2 rings (SSSR count). The predicted octanol–water partition coefficient (Wildman–Crippen LogP) is 2.72. The van der Waals surface area contributed by atoms with Crippen molar-refractivity contribution in [3.63, 3.8) is 0 Å². The Balaban J connectivity index is 2.36. The van der Waals surface area contributed by atoms with Crippen LogP contribution in [0.25, 0.3) is 0 Å². The lowest BCUT2D eigenvalue weighted by molar-refractivity contribution is -0.142. The van der Waals surface area contributed by atoms with Crippen molar-refractivity contribution < 1.29 is 24.2 Å². The van der Waals surface area contributed by atoms with Gasteiger partial charge in [0.15, 0.2) is 0 Å². The van der Waals surface area contributed by atoms with Gasteiger partial charge in [-0.15, -0.1) is 0 Å². The van der Waals surface area contributed by atoms with Crippen molar-refractivity contribution in [1.82, 2.24) is 15.5 Å². The van der Waals surface area contributed by atoms with E-state index in [0.717, 1.165) is 42.6 Å². The van der Waals surface area contributed by atoms with Crippen molar-refractivity contribution in [2.45, 2.75) is 83.5 Å². The van der Waals surface area contributed by atoms with E-state index in [1.165, 1.54) is 0 Å². The number of nitrogens with one attached hydrogen (secondary N) is 2. The van der Waals surface area contributed by atoms with Crippen LogP contribution in [0, 0.1) is 18.3 Å². The van der Waals surface area contributed by atoms with Gasteiger partial charge in [0, 0.05) is 6.04 Å². The molecule has 3 N–H and O–H groups in total. The first-order chi connectivity index (χ1) is 16.1. The summed E-state index contributed by atoms with van der Waals surface area (Å²) < 4.78 is 5.19. The average molecular weight is 473 g/mol. The summed E-state index contributed by atoms with van der Waals surface area (Å²) in [7, 11) is 0. The third-order valence-corrected chi connectivity index (χ3v) is 5.57. The van der Waals surface area contributed by atoms with Crippen molar-refractivity contribution in [3.05, 3.63) is 35.4 Å². The van der Waals surface area contributed by atoms with E-state index in [-0.39, 0.29) is 6.04 Å². The minimum atomic E-state index is -1.38. The zero-order chi connectivity index (χ0) is 25.3. The van der Waals surface area contributed by atoms with E-state index >= 15 is 0 Å². The van der Waals surface area contributed by atoms with Crippen LogP contribution in [0.3, 0.4) is 0 Å². The lowest BCUT2D eigenvalue weighted by Crippen LogP contribution is -2.55. The minimum Gasteiger partial charge on any atom is -0.444 e. The Morgan fingerprint density at radius 1 is 1.24 bits per heavy atom. The summed E-state index contributed by atoms with van der Waals surface area (Å²) in [5, 5.41) is 24.7. The smallest absolute Gasteiger partial charge is 0.408 e. The van der Waals surface area contributed by atoms with Crippen LogP contribution in [0.2, 0.25) is 0 Å². The fourth-order valence-electron chi connectivity index (χ4n) is 4.05. The second-order valence-electron chi connectivity index (χ2n) is 9.67. The summed E-state index contributed by atoms with van der Waals surface area (Å²) in [5.74, 6) is -1.14. The highest BCUT2D eigenvalue weighted by molar-refractivity contribution is 5.92. The molecular formula is C25H36N4O5. The maximum absolute atomic E-state index is 13.5. The molecule has 1 aliphatic rings. The van der Waals surface area contributed by atoms with Crippen LogP contribution in [0.4, 0.5) is 4.79 Å². The lowest BCUT2D eigenvalue weighted by Gasteiger charge is -2.34. The molecule has 1 fully saturated rings. The molecule has 3 amide bonds. The number of hydrogen-bond acceptors (Lipinski definition) is 6. The number of aliphatic hydroxyl groups excluding tert-OH is 1. The number of nitriles is 1. The molecule has 0 radical (unpaired) electrons. The van der Waals surface area contributed by atoms with Crippen LogP contribution >= 0.6 is 0 Å². The maximum atomic E-state index is 13.5. The first-order valence-electron chi connectivity index (χ1n) is 11.7. The van der Waals surface area contributed by atoms with Gasteiger partial charge in [-0.25, -0.2) is 4.79 Å². The second-order valence-corrected chi connectivity index (χ2v) is 9.67. The van der Waals surface area contributed by atoms with Crippen molar-refractivity contribution >= 4 is 17.9 Å². The average Bonchev–Trinajstić information content (AvgIpc) is 2.76. The second kappa shape index (κ2) is 12.4. The van der Waals surface area contributed by atoms with Crippen LogP contribution < -0.4 is 10.6 Å². The SMILES string of the molecule is Cc1cccc(C(C(=O)NC2CCCCC2)N(CC#N)C(=O)C(CO)NC(=O)OC(C)(C)C)c1. The van der Waals surface area contributed by atoms with Gasteiger partial charge in [0.1, 0.15) is 24.2 Å². The molecule has 1 saturated carbocycles. The molecule has 9 nitrogen and oxygen atoms in total. The van der Waals surface area contributed by atoms with Gasteiger partial charge in [-0.1, -0.05) is 49.1 Å². The number of benzene rings is 1. The summed E-state index contributed by atoms with van der Waals surface area (Å²) in [6.45, 7) is 5.78. The van der Waals surface area contributed by atoms with E-state index in [0.29, 0.717) is 5.56 Å². The Labute approximate surface area is 201 Å². The van der Waals surface area contributed by atoms with E-state index in [4.69, 9.17) is 4.74 Å². The Morgan fingerprint density at radius 2 is 1.91 bits per heavy atom. The van der Waals surface area contributed by atoms with Gasteiger partial charge in [0.25, 0.3) is 0 Å². The van der Waals surface area contributed by atoms with Gasteiger partial charge in [-0.2, -0.15) is 5.26 Å². The molecule has 2 atom stereocenters. The van der Waals surface area contributed by atoms with Gasteiger partial charge in [0.05, 0.1) is 12.7 Å². The van der Waals surface area contributed by atoms with Gasteiger partial charge in [-0.05, 0) is 46.1 Å². The molecule has 1 aliphatic carbocycles. The van der Waals surface area contributed by atoms with Crippen molar-refractivity contribution in [3.8, 4) is 6.07 Å². The van der Waals surface area contributed by atoms with E-state index in [2.05, 4.69) is 10.6 Å². The molecule has 0 saturated heterocycles. The van der Waals surface area contributed by atoms with Crippen LogP contribution in [0.1, 0.15) is 70.0 Å². The van der Waals surface area contributed by atoms with Crippen LogP contribution in [0.5, 0.6) is 0 Å². The number of aliphatic hydroxyl groups is 1. The van der Waals surface area contributed by atoms with Gasteiger partial charge in [-0.3, -0.25) is 9.59 Å². The molecule has 0 spiro atoms. The van der Waals surface area contributed by atoms with E-state index in [1.54, 1.807) is 39.0 Å². The van der Waals surface area contributed by atoms with Crippen LogP contribution in [0.15, 0.2) is 24.3 Å². The largest absolute Gasteiger partial charge is 0.444 e. The first-order valence-corrected chi connectivity index (χ1v) is 11.7. The molecule has 0 aliphatic heterocycles. The monoisotopic (exact) mass is 472 g/mol. The van der Waals surface area contributed by atoms with Crippen molar-refractivity contribution in [1.29, 1.82) is 5.26 Å². The molecule has 0 aromatic heterocycles. The number of aryl methyl sites for hydroxylation is 1. The quantitative estimate of drug-likeness (QED) is 0.499. The molecule has 0 heterocycles. The van der Waals surface area contributed by atoms with Gasteiger partial charge >= 0.3 is 6.09 Å². The molecule has 0 bridgehead atoms. The highest BCUT2D eigenvalue weighted by Crippen LogP contribution is 2.25. The third-order valence-electron chi connectivity index (χ3n) is 5.57. The zero-order valence-electron chi connectivity index (χ0n) is 20.5. The molecule has 1 aromatic rings. The fourth-order valence-corrected chi connectivity index (χ4v) is 4.05. The summed E-state index contributed by atoms with van der Waals surface area (Å²) in [6, 6.07) is 6.64. The highest BCUT2D eigenvalue weighted by Gasteiger charge is 2.37. The number of hydrogen-bond donors (Lipinski definition) is 3. The molecule has 2 unspecified atom stereocenters. The normalized spacial score (nSPS) is 16.0. The number of carbonyl (C=O) groups is 3. The maximum Gasteiger partial charge on any atom is 0.408 e. The number of rotatable bonds is 8. The Morgan fingerprint density at radius 3 is 2.47 bits per heavy atom. The van der Waals surface area contributed by atoms with E-state index in [1.807, 2.05) is 19.1 Å². The summed E-state index contributed by atoms with van der Waals surface area (Å²) >= 11 is 0. The topological polar surface area (TPSA) is 132 Å². The lowest BCUT2D eigenvalue weighted by atomic mass is 9.94.